The van der Waals surface area contributed by atoms with Crippen molar-refractivity contribution < 1.29 is 17.9 Å². The highest BCUT2D eigenvalue weighted by molar-refractivity contribution is 7.92. The molecule has 0 unspecified atom stereocenters. The van der Waals surface area contributed by atoms with E-state index in [0.717, 1.165) is 38.3 Å². The van der Waals surface area contributed by atoms with E-state index in [4.69, 9.17) is 16.3 Å². The molecule has 1 saturated heterocycles. The predicted octanol–water partition coefficient (Wildman–Crippen LogP) is 5.07. The lowest BCUT2D eigenvalue weighted by atomic mass is 10.1. The summed E-state index contributed by atoms with van der Waals surface area (Å²) in [5, 5.41) is 8.70. The van der Waals surface area contributed by atoms with E-state index in [1.54, 1.807) is 51.3 Å². The Morgan fingerprint density at radius 1 is 1.10 bits per heavy atom. The second-order valence-electron chi connectivity index (χ2n) is 10.1. The van der Waals surface area contributed by atoms with Gasteiger partial charge in [0.2, 0.25) is 11.9 Å². The van der Waals surface area contributed by atoms with Gasteiger partial charge >= 0.3 is 0 Å². The molecule has 0 saturated carbocycles. The van der Waals surface area contributed by atoms with E-state index in [1.165, 1.54) is 12.3 Å². The molecule has 13 heteroatoms. The van der Waals surface area contributed by atoms with Gasteiger partial charge in [-0.25, -0.2) is 13.4 Å². The maximum atomic E-state index is 12.9. The summed E-state index contributed by atoms with van der Waals surface area (Å²) >= 11 is 6.41. The highest BCUT2D eigenvalue weighted by atomic mass is 35.5. The monoisotopic (exact) mass is 613 g/mol. The first-order chi connectivity index (χ1) is 20.0. The molecular weight excluding hydrogens is 578 g/mol. The number of aromatic nitrogens is 2. The molecule has 0 spiro atoms. The molecule has 1 aromatic heterocycles. The normalized spacial score (nSPS) is 14.3. The first kappa shape index (κ1) is 31.1. The number of ether oxygens (including phenoxy) is 1. The lowest BCUT2D eigenvalue weighted by Gasteiger charge is -2.27. The summed E-state index contributed by atoms with van der Waals surface area (Å²) in [5.41, 5.74) is 2.25. The van der Waals surface area contributed by atoms with Crippen molar-refractivity contribution in [3.8, 4) is 5.75 Å². The van der Waals surface area contributed by atoms with Gasteiger partial charge in [-0.05, 0) is 58.1 Å². The van der Waals surface area contributed by atoms with Crippen molar-refractivity contribution in [2.75, 3.05) is 61.2 Å². The number of hydrogen-bond donors (Lipinski definition) is 3. The van der Waals surface area contributed by atoms with Crippen LogP contribution in [0.2, 0.25) is 5.02 Å². The highest BCUT2D eigenvalue weighted by Crippen LogP contribution is 2.39. The summed E-state index contributed by atoms with van der Waals surface area (Å²) in [4.78, 5) is 25.8. The quantitative estimate of drug-likeness (QED) is 0.266. The SMILES string of the molecule is C=CC(=O)Nc1cc(Nc2ncc(Cl)c(Nc3ccccc3S(=O)(=O)C(C)C)n2)c(OC)cc1N1CCCN(C)CC1. The number of anilines is 6. The van der Waals surface area contributed by atoms with E-state index < -0.39 is 15.1 Å². The molecule has 42 heavy (non-hydrogen) atoms. The number of para-hydroxylation sites is 1. The zero-order valence-corrected chi connectivity index (χ0v) is 25.7. The van der Waals surface area contributed by atoms with Gasteiger partial charge < -0.3 is 30.5 Å². The number of sulfone groups is 1. The molecule has 1 fully saturated rings. The largest absolute Gasteiger partial charge is 0.494 e. The number of benzene rings is 2. The third-order valence-electron chi connectivity index (χ3n) is 6.88. The van der Waals surface area contributed by atoms with E-state index in [9.17, 15) is 13.2 Å². The number of methoxy groups -OCH3 is 1. The van der Waals surface area contributed by atoms with Crippen molar-refractivity contribution in [2.24, 2.45) is 0 Å². The summed E-state index contributed by atoms with van der Waals surface area (Å²) in [6.45, 7) is 10.3. The third kappa shape index (κ3) is 7.12. The van der Waals surface area contributed by atoms with Crippen LogP contribution in [-0.4, -0.2) is 74.8 Å². The van der Waals surface area contributed by atoms with Crippen LogP contribution in [-0.2, 0) is 14.6 Å². The number of hydrogen-bond acceptors (Lipinski definition) is 10. The minimum Gasteiger partial charge on any atom is -0.494 e. The molecule has 2 heterocycles. The van der Waals surface area contributed by atoms with Crippen molar-refractivity contribution in [1.82, 2.24) is 14.9 Å². The van der Waals surface area contributed by atoms with Crippen LogP contribution in [0.15, 0.2) is 60.1 Å². The minimum atomic E-state index is -3.57. The molecule has 1 aliphatic rings. The van der Waals surface area contributed by atoms with Crippen LogP contribution in [0.5, 0.6) is 5.75 Å². The summed E-state index contributed by atoms with van der Waals surface area (Å²) < 4.78 is 31.6. The number of carbonyl (C=O) groups is 1. The number of nitrogens with zero attached hydrogens (tertiary/aromatic N) is 4. The number of halogens is 1. The van der Waals surface area contributed by atoms with Gasteiger partial charge in [-0.3, -0.25) is 4.79 Å². The van der Waals surface area contributed by atoms with E-state index in [0.29, 0.717) is 22.8 Å². The van der Waals surface area contributed by atoms with Gasteiger partial charge in [-0.15, -0.1) is 0 Å². The Bertz CT molecular complexity index is 1570. The highest BCUT2D eigenvalue weighted by Gasteiger charge is 2.24. The fraction of sp³-hybridized carbons (Fsp3) is 0.345. The van der Waals surface area contributed by atoms with Crippen LogP contribution in [0.25, 0.3) is 0 Å². The lowest BCUT2D eigenvalue weighted by Crippen LogP contribution is -2.29. The van der Waals surface area contributed by atoms with Crippen molar-refractivity contribution in [3.05, 3.63) is 60.3 Å². The first-order valence-electron chi connectivity index (χ1n) is 13.5. The van der Waals surface area contributed by atoms with E-state index >= 15 is 0 Å². The Morgan fingerprint density at radius 2 is 1.86 bits per heavy atom. The number of likely N-dealkylation sites (N-methyl/N-ethyl adjacent to an activating group) is 1. The molecule has 3 aromatic rings. The van der Waals surface area contributed by atoms with Gasteiger partial charge in [-0.2, -0.15) is 4.98 Å². The second-order valence-corrected chi connectivity index (χ2v) is 13.0. The molecule has 0 radical (unpaired) electrons. The van der Waals surface area contributed by atoms with Crippen LogP contribution in [0.3, 0.4) is 0 Å². The summed E-state index contributed by atoms with van der Waals surface area (Å²) in [5.74, 6) is 0.559. The van der Waals surface area contributed by atoms with Crippen molar-refractivity contribution in [1.29, 1.82) is 0 Å². The van der Waals surface area contributed by atoms with Crippen LogP contribution >= 0.6 is 11.6 Å². The summed E-state index contributed by atoms with van der Waals surface area (Å²) in [6, 6.07) is 10.2. The van der Waals surface area contributed by atoms with Crippen LogP contribution in [0, 0.1) is 0 Å². The zero-order valence-electron chi connectivity index (χ0n) is 24.1. The molecule has 0 bridgehead atoms. The number of amides is 1. The lowest BCUT2D eigenvalue weighted by molar-refractivity contribution is -0.111. The van der Waals surface area contributed by atoms with Gasteiger partial charge in [0.15, 0.2) is 15.7 Å². The summed E-state index contributed by atoms with van der Waals surface area (Å²) in [7, 11) is 0.0783. The van der Waals surface area contributed by atoms with Crippen LogP contribution in [0.1, 0.15) is 20.3 Å². The fourth-order valence-corrected chi connectivity index (χ4v) is 5.84. The molecule has 0 aliphatic carbocycles. The molecule has 1 amide bonds. The molecular formula is C29H36ClN7O4S. The molecule has 224 valence electrons. The second kappa shape index (κ2) is 13.4. The number of rotatable bonds is 10. The zero-order chi connectivity index (χ0) is 30.4. The summed E-state index contributed by atoms with van der Waals surface area (Å²) in [6.07, 6.45) is 3.60. The molecule has 1 aliphatic heterocycles. The minimum absolute atomic E-state index is 0.142. The molecule has 11 nitrogen and oxygen atoms in total. The third-order valence-corrected chi connectivity index (χ3v) is 9.37. The molecule has 0 atom stereocenters. The fourth-order valence-electron chi connectivity index (χ4n) is 4.50. The standard InChI is InChI=1S/C29H36ClN7O4S/c1-6-27(38)32-22-16-23(25(41-5)17-24(22)37-13-9-12-36(4)14-15-37)34-29-31-18-20(30)28(35-29)33-21-10-7-8-11-26(21)42(39,40)19(2)3/h6-8,10-11,16-19H,1,9,12-15H2,2-5H3,(H,32,38)(H2,31,33,34,35). The Kier molecular flexibility index (Phi) is 9.92. The van der Waals surface area contributed by atoms with Crippen molar-refractivity contribution in [3.63, 3.8) is 0 Å². The van der Waals surface area contributed by atoms with Gasteiger partial charge in [0.1, 0.15) is 10.8 Å². The first-order valence-corrected chi connectivity index (χ1v) is 15.4. The topological polar surface area (TPSA) is 129 Å². The van der Waals surface area contributed by atoms with E-state index in [2.05, 4.69) is 49.3 Å². The van der Waals surface area contributed by atoms with Crippen LogP contribution < -0.4 is 25.6 Å². The van der Waals surface area contributed by atoms with E-state index in [1.807, 2.05) is 6.07 Å². The van der Waals surface area contributed by atoms with Crippen LogP contribution in [0.4, 0.5) is 34.5 Å². The van der Waals surface area contributed by atoms with E-state index in [-0.39, 0.29) is 27.6 Å². The van der Waals surface area contributed by atoms with Crippen molar-refractivity contribution in [2.45, 2.75) is 30.4 Å². The van der Waals surface area contributed by atoms with Gasteiger partial charge in [-0.1, -0.05) is 30.3 Å². The average Bonchev–Trinajstić information content (AvgIpc) is 3.19. The average molecular weight is 614 g/mol. The van der Waals surface area contributed by atoms with Crippen molar-refractivity contribution >= 4 is 61.9 Å². The predicted molar refractivity (Wildman–Crippen MR) is 169 cm³/mol. The number of nitrogens with one attached hydrogen (secondary N) is 3. The molecule has 4 rings (SSSR count). The maximum absolute atomic E-state index is 12.9. The van der Waals surface area contributed by atoms with Gasteiger partial charge in [0.25, 0.3) is 0 Å². The smallest absolute Gasteiger partial charge is 0.247 e. The molecule has 2 aromatic carbocycles. The maximum Gasteiger partial charge on any atom is 0.247 e. The molecule has 3 N–H and O–H groups in total. The van der Waals surface area contributed by atoms with Gasteiger partial charge in [0.05, 0.1) is 46.2 Å². The number of carbonyl (C=O) groups excluding carboxylic acids is 1. The Balaban J connectivity index is 1.69. The Labute approximate surface area is 251 Å². The Morgan fingerprint density at radius 3 is 2.57 bits per heavy atom. The van der Waals surface area contributed by atoms with Gasteiger partial charge in [0, 0.05) is 25.7 Å². The Hall–Kier alpha value is -3.87.